The summed E-state index contributed by atoms with van der Waals surface area (Å²) < 4.78 is 0. The van der Waals surface area contributed by atoms with Crippen LogP contribution in [0.4, 0.5) is 11.5 Å². The van der Waals surface area contributed by atoms with Crippen LogP contribution in [0.3, 0.4) is 0 Å². The summed E-state index contributed by atoms with van der Waals surface area (Å²) in [6.07, 6.45) is 0. The van der Waals surface area contributed by atoms with Crippen LogP contribution in [-0.2, 0) is 0 Å². The normalized spacial score (nSPS) is 10.4. The van der Waals surface area contributed by atoms with Gasteiger partial charge in [0.1, 0.15) is 0 Å². The van der Waals surface area contributed by atoms with Gasteiger partial charge in [0.25, 0.3) is 0 Å². The molecule has 17 heavy (non-hydrogen) atoms. The molecule has 4 heteroatoms. The first-order chi connectivity index (χ1) is 8.09. The van der Waals surface area contributed by atoms with Crippen LogP contribution in [0.1, 0.15) is 16.7 Å². The van der Waals surface area contributed by atoms with Crippen LogP contribution in [-0.4, -0.2) is 10.2 Å². The van der Waals surface area contributed by atoms with Crippen LogP contribution in [0, 0.1) is 20.8 Å². The third kappa shape index (κ3) is 2.39. The highest BCUT2D eigenvalue weighted by Gasteiger charge is 2.08. The summed E-state index contributed by atoms with van der Waals surface area (Å²) >= 11 is 5.92. The van der Waals surface area contributed by atoms with Crippen molar-refractivity contribution in [3.8, 4) is 0 Å². The van der Waals surface area contributed by atoms with E-state index in [1.807, 2.05) is 45.0 Å². The monoisotopic (exact) mass is 247 g/mol. The molecule has 0 unspecified atom stereocenters. The number of anilines is 2. The highest BCUT2D eigenvalue weighted by molar-refractivity contribution is 6.30. The zero-order valence-corrected chi connectivity index (χ0v) is 10.8. The van der Waals surface area contributed by atoms with Gasteiger partial charge in [0, 0.05) is 5.69 Å². The Morgan fingerprint density at radius 1 is 1.00 bits per heavy atom. The SMILES string of the molecule is Cc1ccccc1Nc1nnc(Cl)c(C)c1C. The minimum atomic E-state index is 0.456. The minimum absolute atomic E-state index is 0.456. The summed E-state index contributed by atoms with van der Waals surface area (Å²) in [6, 6.07) is 8.06. The molecule has 0 aliphatic rings. The zero-order valence-electron chi connectivity index (χ0n) is 10.1. The number of aryl methyl sites for hydroxylation is 1. The van der Waals surface area contributed by atoms with Crippen molar-refractivity contribution in [1.29, 1.82) is 0 Å². The van der Waals surface area contributed by atoms with E-state index in [1.54, 1.807) is 0 Å². The third-order valence-corrected chi connectivity index (χ3v) is 3.22. The molecule has 1 aromatic carbocycles. The van der Waals surface area contributed by atoms with E-state index < -0.39 is 0 Å². The van der Waals surface area contributed by atoms with Crippen LogP contribution in [0.15, 0.2) is 24.3 Å². The fraction of sp³-hybridized carbons (Fsp3) is 0.231. The largest absolute Gasteiger partial charge is 0.338 e. The van der Waals surface area contributed by atoms with E-state index in [4.69, 9.17) is 11.6 Å². The summed E-state index contributed by atoms with van der Waals surface area (Å²) in [4.78, 5) is 0. The summed E-state index contributed by atoms with van der Waals surface area (Å²) in [5.41, 5.74) is 4.18. The second kappa shape index (κ2) is 4.72. The lowest BCUT2D eigenvalue weighted by Gasteiger charge is -2.11. The van der Waals surface area contributed by atoms with E-state index in [9.17, 15) is 0 Å². The van der Waals surface area contributed by atoms with E-state index in [2.05, 4.69) is 15.5 Å². The fourth-order valence-electron chi connectivity index (χ4n) is 1.54. The molecule has 0 saturated carbocycles. The van der Waals surface area contributed by atoms with Crippen molar-refractivity contribution in [2.45, 2.75) is 20.8 Å². The molecular weight excluding hydrogens is 234 g/mol. The van der Waals surface area contributed by atoms with Crippen molar-refractivity contribution in [3.05, 3.63) is 46.1 Å². The number of rotatable bonds is 2. The maximum atomic E-state index is 5.92. The van der Waals surface area contributed by atoms with Gasteiger partial charge in [-0.2, -0.15) is 0 Å². The molecule has 1 heterocycles. The lowest BCUT2D eigenvalue weighted by Crippen LogP contribution is -2.02. The molecule has 2 rings (SSSR count). The van der Waals surface area contributed by atoms with E-state index >= 15 is 0 Å². The third-order valence-electron chi connectivity index (χ3n) is 2.86. The average molecular weight is 248 g/mol. The van der Waals surface area contributed by atoms with Crippen LogP contribution < -0.4 is 5.32 Å². The maximum Gasteiger partial charge on any atom is 0.156 e. The van der Waals surface area contributed by atoms with Gasteiger partial charge < -0.3 is 5.32 Å². The fourth-order valence-corrected chi connectivity index (χ4v) is 1.72. The summed E-state index contributed by atoms with van der Waals surface area (Å²) in [6.45, 7) is 5.97. The van der Waals surface area contributed by atoms with Gasteiger partial charge in [-0.3, -0.25) is 0 Å². The Hall–Kier alpha value is -1.61. The summed E-state index contributed by atoms with van der Waals surface area (Å²) in [5, 5.41) is 11.7. The zero-order chi connectivity index (χ0) is 12.4. The van der Waals surface area contributed by atoms with Crippen LogP contribution in [0.25, 0.3) is 0 Å². The van der Waals surface area contributed by atoms with Crippen LogP contribution >= 0.6 is 11.6 Å². The van der Waals surface area contributed by atoms with Gasteiger partial charge in [-0.1, -0.05) is 29.8 Å². The molecule has 0 radical (unpaired) electrons. The molecule has 0 aliphatic carbocycles. The number of aromatic nitrogens is 2. The second-order valence-corrected chi connectivity index (χ2v) is 4.39. The number of para-hydroxylation sites is 1. The Morgan fingerprint density at radius 2 is 1.71 bits per heavy atom. The van der Waals surface area contributed by atoms with Gasteiger partial charge >= 0.3 is 0 Å². The van der Waals surface area contributed by atoms with Crippen molar-refractivity contribution < 1.29 is 0 Å². The van der Waals surface area contributed by atoms with Gasteiger partial charge in [0.05, 0.1) is 0 Å². The van der Waals surface area contributed by atoms with Crippen molar-refractivity contribution in [2.75, 3.05) is 5.32 Å². The van der Waals surface area contributed by atoms with Crippen LogP contribution in [0.5, 0.6) is 0 Å². The highest BCUT2D eigenvalue weighted by Crippen LogP contribution is 2.24. The molecule has 3 nitrogen and oxygen atoms in total. The Kier molecular flexibility index (Phi) is 3.29. The van der Waals surface area contributed by atoms with E-state index in [1.165, 1.54) is 5.56 Å². The number of hydrogen-bond donors (Lipinski definition) is 1. The first-order valence-corrected chi connectivity index (χ1v) is 5.79. The van der Waals surface area contributed by atoms with Gasteiger partial charge in [-0.25, -0.2) is 0 Å². The van der Waals surface area contributed by atoms with Gasteiger partial charge in [-0.05, 0) is 43.5 Å². The Morgan fingerprint density at radius 3 is 2.41 bits per heavy atom. The number of benzene rings is 1. The first kappa shape index (κ1) is 11.9. The predicted octanol–water partition coefficient (Wildman–Crippen LogP) is 3.80. The van der Waals surface area contributed by atoms with E-state index in [0.717, 1.165) is 22.6 Å². The standard InChI is InChI=1S/C13H14ClN3/c1-8-6-4-5-7-11(8)15-13-10(3)9(2)12(14)16-17-13/h4-7H,1-3H3,(H,15,17). The molecule has 1 aromatic heterocycles. The second-order valence-electron chi connectivity index (χ2n) is 4.03. The average Bonchev–Trinajstić information content (AvgIpc) is 2.32. The summed E-state index contributed by atoms with van der Waals surface area (Å²) in [7, 11) is 0. The lowest BCUT2D eigenvalue weighted by molar-refractivity contribution is 1.00. The van der Waals surface area contributed by atoms with Gasteiger partial charge in [-0.15, -0.1) is 10.2 Å². The van der Waals surface area contributed by atoms with E-state index in [-0.39, 0.29) is 0 Å². The molecule has 0 spiro atoms. The maximum absolute atomic E-state index is 5.92. The highest BCUT2D eigenvalue weighted by atomic mass is 35.5. The lowest BCUT2D eigenvalue weighted by atomic mass is 10.1. The van der Waals surface area contributed by atoms with Gasteiger partial charge in [0.2, 0.25) is 0 Å². The van der Waals surface area contributed by atoms with Crippen molar-refractivity contribution >= 4 is 23.1 Å². The number of nitrogens with one attached hydrogen (secondary N) is 1. The predicted molar refractivity (Wildman–Crippen MR) is 71.0 cm³/mol. The Labute approximate surface area is 106 Å². The first-order valence-electron chi connectivity index (χ1n) is 5.41. The Balaban J connectivity index is 2.38. The molecule has 88 valence electrons. The molecule has 0 fully saturated rings. The quantitative estimate of drug-likeness (QED) is 0.877. The minimum Gasteiger partial charge on any atom is -0.338 e. The Bertz CT molecular complexity index is 552. The smallest absolute Gasteiger partial charge is 0.156 e. The number of halogens is 1. The molecule has 0 saturated heterocycles. The number of nitrogens with zero attached hydrogens (tertiary/aromatic N) is 2. The molecule has 0 bridgehead atoms. The van der Waals surface area contributed by atoms with Crippen molar-refractivity contribution in [1.82, 2.24) is 10.2 Å². The topological polar surface area (TPSA) is 37.8 Å². The van der Waals surface area contributed by atoms with Crippen molar-refractivity contribution in [3.63, 3.8) is 0 Å². The van der Waals surface area contributed by atoms with Crippen LogP contribution in [0.2, 0.25) is 5.15 Å². The molecule has 0 atom stereocenters. The molecular formula is C13H14ClN3. The van der Waals surface area contributed by atoms with Gasteiger partial charge in [0.15, 0.2) is 11.0 Å². The van der Waals surface area contributed by atoms with E-state index in [0.29, 0.717) is 5.15 Å². The molecule has 1 N–H and O–H groups in total. The van der Waals surface area contributed by atoms with Crippen molar-refractivity contribution in [2.24, 2.45) is 0 Å². The summed E-state index contributed by atoms with van der Waals surface area (Å²) in [5.74, 6) is 0.751. The number of hydrogen-bond acceptors (Lipinski definition) is 3. The molecule has 2 aromatic rings. The molecule has 0 aliphatic heterocycles. The molecule has 0 amide bonds.